The number of rotatable bonds is 5. The Morgan fingerprint density at radius 2 is 1.94 bits per heavy atom. The van der Waals surface area contributed by atoms with E-state index in [-0.39, 0.29) is 18.7 Å². The van der Waals surface area contributed by atoms with Gasteiger partial charge in [-0.2, -0.15) is 0 Å². The highest BCUT2D eigenvalue weighted by Gasteiger charge is 2.21. The van der Waals surface area contributed by atoms with Crippen molar-refractivity contribution in [3.63, 3.8) is 0 Å². The van der Waals surface area contributed by atoms with Crippen LogP contribution in [0, 0.1) is 13.8 Å². The summed E-state index contributed by atoms with van der Waals surface area (Å²) in [4.78, 5) is 0. The van der Waals surface area contributed by atoms with Gasteiger partial charge >= 0.3 is 0 Å². The summed E-state index contributed by atoms with van der Waals surface area (Å²) < 4.78 is 5.38. The number of likely N-dealkylation sites (N-methyl/N-ethyl adjacent to an activating group) is 1. The molecule has 4 nitrogen and oxygen atoms in total. The maximum Gasteiger partial charge on any atom is 0.123 e. The van der Waals surface area contributed by atoms with Crippen LogP contribution in [0.5, 0.6) is 5.75 Å². The van der Waals surface area contributed by atoms with Crippen LogP contribution < -0.4 is 15.8 Å². The van der Waals surface area contributed by atoms with E-state index in [1.165, 1.54) is 11.1 Å². The number of nitrogens with two attached hydrogens (primary N) is 1. The second kappa shape index (κ2) is 6.00. The van der Waals surface area contributed by atoms with Crippen molar-refractivity contribution >= 4 is 0 Å². The predicted molar refractivity (Wildman–Crippen MR) is 69.3 cm³/mol. The summed E-state index contributed by atoms with van der Waals surface area (Å²) in [6.07, 6.45) is 0. The molecule has 0 aromatic heterocycles. The highest BCUT2D eigenvalue weighted by Crippen LogP contribution is 2.29. The maximum absolute atomic E-state index is 9.18. The van der Waals surface area contributed by atoms with Crippen molar-refractivity contribution in [1.29, 1.82) is 0 Å². The van der Waals surface area contributed by atoms with Gasteiger partial charge in [0.2, 0.25) is 0 Å². The molecule has 0 fully saturated rings. The zero-order chi connectivity index (χ0) is 13.0. The van der Waals surface area contributed by atoms with Crippen LogP contribution in [0.25, 0.3) is 0 Å². The second-order valence-electron chi connectivity index (χ2n) is 4.29. The molecule has 0 amide bonds. The lowest BCUT2D eigenvalue weighted by Gasteiger charge is -2.25. The minimum absolute atomic E-state index is 0.0679. The van der Waals surface area contributed by atoms with Crippen LogP contribution in [0.4, 0.5) is 0 Å². The van der Waals surface area contributed by atoms with Gasteiger partial charge in [-0.05, 0) is 38.1 Å². The Hall–Kier alpha value is -1.10. The third kappa shape index (κ3) is 2.97. The first kappa shape index (κ1) is 14.0. The van der Waals surface area contributed by atoms with E-state index in [0.29, 0.717) is 0 Å². The van der Waals surface area contributed by atoms with Gasteiger partial charge in [0.25, 0.3) is 0 Å². The standard InChI is InChI=1S/C13H22N2O2/c1-8-5-10(12(17-4)6-9(8)2)13(15-3)11(14)7-16/h5-6,11,13,15-16H,7,14H2,1-4H3. The van der Waals surface area contributed by atoms with Crippen LogP contribution in [0.2, 0.25) is 0 Å². The predicted octanol–water partition coefficient (Wildman–Crippen LogP) is 0.892. The third-order valence-corrected chi connectivity index (χ3v) is 3.13. The topological polar surface area (TPSA) is 67.5 Å². The van der Waals surface area contributed by atoms with Gasteiger partial charge in [-0.1, -0.05) is 6.07 Å². The lowest BCUT2D eigenvalue weighted by molar-refractivity contribution is 0.238. The maximum atomic E-state index is 9.18. The minimum atomic E-state index is -0.351. The third-order valence-electron chi connectivity index (χ3n) is 3.13. The summed E-state index contributed by atoms with van der Waals surface area (Å²) in [5.41, 5.74) is 9.25. The smallest absolute Gasteiger partial charge is 0.123 e. The van der Waals surface area contributed by atoms with E-state index in [0.717, 1.165) is 11.3 Å². The summed E-state index contributed by atoms with van der Waals surface area (Å²) >= 11 is 0. The first-order chi connectivity index (χ1) is 8.04. The monoisotopic (exact) mass is 238 g/mol. The van der Waals surface area contributed by atoms with Gasteiger partial charge < -0.3 is 20.9 Å². The molecule has 0 radical (unpaired) electrons. The van der Waals surface area contributed by atoms with E-state index in [4.69, 9.17) is 10.5 Å². The summed E-state index contributed by atoms with van der Waals surface area (Å²) in [5.74, 6) is 0.802. The normalized spacial score (nSPS) is 14.5. The van der Waals surface area contributed by atoms with Gasteiger partial charge in [-0.3, -0.25) is 0 Å². The van der Waals surface area contributed by atoms with Gasteiger partial charge in [0.1, 0.15) is 5.75 Å². The Bertz CT molecular complexity index is 380. The van der Waals surface area contributed by atoms with Crippen LogP contribution in [-0.2, 0) is 0 Å². The molecular weight excluding hydrogens is 216 g/mol. The fourth-order valence-electron chi connectivity index (χ4n) is 1.94. The van der Waals surface area contributed by atoms with E-state index in [1.807, 2.05) is 20.0 Å². The number of hydrogen-bond acceptors (Lipinski definition) is 4. The summed E-state index contributed by atoms with van der Waals surface area (Å²) in [7, 11) is 3.47. The largest absolute Gasteiger partial charge is 0.496 e. The van der Waals surface area contributed by atoms with Crippen LogP contribution in [0.3, 0.4) is 0 Å². The Balaban J connectivity index is 3.22. The van der Waals surface area contributed by atoms with E-state index in [2.05, 4.69) is 18.3 Å². The van der Waals surface area contributed by atoms with Crippen molar-refractivity contribution in [2.45, 2.75) is 25.9 Å². The number of aliphatic hydroxyl groups excluding tert-OH is 1. The fraction of sp³-hybridized carbons (Fsp3) is 0.538. The van der Waals surface area contributed by atoms with Gasteiger partial charge in [0.15, 0.2) is 0 Å². The lowest BCUT2D eigenvalue weighted by Crippen LogP contribution is -2.39. The van der Waals surface area contributed by atoms with Crippen molar-refractivity contribution in [2.24, 2.45) is 5.73 Å². The molecule has 4 heteroatoms. The molecule has 1 aromatic rings. The Labute approximate surface area is 103 Å². The van der Waals surface area contributed by atoms with Crippen molar-refractivity contribution in [2.75, 3.05) is 20.8 Å². The quantitative estimate of drug-likeness (QED) is 0.713. The first-order valence-corrected chi connectivity index (χ1v) is 5.74. The molecule has 1 aromatic carbocycles. The Kier molecular flexibility index (Phi) is 4.93. The van der Waals surface area contributed by atoms with Crippen LogP contribution in [-0.4, -0.2) is 31.9 Å². The number of aryl methyl sites for hydroxylation is 2. The molecule has 0 spiro atoms. The molecule has 0 saturated heterocycles. The van der Waals surface area contributed by atoms with Gasteiger partial charge in [-0.15, -0.1) is 0 Å². The zero-order valence-electron chi connectivity index (χ0n) is 10.9. The molecule has 96 valence electrons. The summed E-state index contributed by atoms with van der Waals surface area (Å²) in [6, 6.07) is 3.59. The zero-order valence-corrected chi connectivity index (χ0v) is 10.9. The van der Waals surface area contributed by atoms with Crippen LogP contribution in [0.1, 0.15) is 22.7 Å². The molecule has 0 aliphatic heterocycles. The van der Waals surface area contributed by atoms with Gasteiger partial charge in [-0.25, -0.2) is 0 Å². The number of ether oxygens (including phenoxy) is 1. The van der Waals surface area contributed by atoms with E-state index < -0.39 is 0 Å². The molecule has 2 atom stereocenters. The molecule has 0 saturated carbocycles. The number of hydrogen-bond donors (Lipinski definition) is 3. The minimum Gasteiger partial charge on any atom is -0.496 e. The van der Waals surface area contributed by atoms with Gasteiger partial charge in [0.05, 0.1) is 19.8 Å². The van der Waals surface area contributed by atoms with E-state index in [9.17, 15) is 5.11 Å². The van der Waals surface area contributed by atoms with Crippen molar-refractivity contribution < 1.29 is 9.84 Å². The summed E-state index contributed by atoms with van der Waals surface area (Å²) in [6.45, 7) is 4.03. The molecular formula is C13H22N2O2. The molecule has 0 aliphatic rings. The van der Waals surface area contributed by atoms with Crippen LogP contribution >= 0.6 is 0 Å². The highest BCUT2D eigenvalue weighted by molar-refractivity contribution is 5.44. The molecule has 2 unspecified atom stereocenters. The lowest BCUT2D eigenvalue weighted by atomic mass is 9.95. The molecule has 17 heavy (non-hydrogen) atoms. The van der Waals surface area contributed by atoms with Crippen molar-refractivity contribution in [3.05, 3.63) is 28.8 Å². The average Bonchev–Trinajstić information content (AvgIpc) is 2.33. The SMILES string of the molecule is CNC(c1cc(C)c(C)cc1OC)C(N)CO. The Morgan fingerprint density at radius 1 is 1.35 bits per heavy atom. The molecule has 0 bridgehead atoms. The average molecular weight is 238 g/mol. The fourth-order valence-corrected chi connectivity index (χ4v) is 1.94. The number of benzene rings is 1. The van der Waals surface area contributed by atoms with Crippen molar-refractivity contribution in [1.82, 2.24) is 5.32 Å². The highest BCUT2D eigenvalue weighted by atomic mass is 16.5. The van der Waals surface area contributed by atoms with E-state index >= 15 is 0 Å². The second-order valence-corrected chi connectivity index (χ2v) is 4.29. The molecule has 1 rings (SSSR count). The number of aliphatic hydroxyl groups is 1. The molecule has 0 aliphatic carbocycles. The number of nitrogens with one attached hydrogen (secondary N) is 1. The number of methoxy groups -OCH3 is 1. The molecule has 4 N–H and O–H groups in total. The first-order valence-electron chi connectivity index (χ1n) is 5.74. The van der Waals surface area contributed by atoms with Crippen LogP contribution in [0.15, 0.2) is 12.1 Å². The van der Waals surface area contributed by atoms with Gasteiger partial charge in [0, 0.05) is 11.6 Å². The van der Waals surface area contributed by atoms with Crippen molar-refractivity contribution in [3.8, 4) is 5.75 Å². The summed E-state index contributed by atoms with van der Waals surface area (Å²) in [5, 5.41) is 12.3. The van der Waals surface area contributed by atoms with E-state index in [1.54, 1.807) is 7.11 Å². The molecule has 0 heterocycles. The Morgan fingerprint density at radius 3 is 2.41 bits per heavy atom.